The molecular weight excluding hydrogens is 358 g/mol. The highest BCUT2D eigenvalue weighted by Crippen LogP contribution is 2.29. The molecular formula is C21H27N3O2S. The summed E-state index contributed by atoms with van der Waals surface area (Å²) >= 11 is 5.47. The fourth-order valence-electron chi connectivity index (χ4n) is 4.65. The first-order chi connectivity index (χ1) is 13.0. The van der Waals surface area contributed by atoms with Crippen molar-refractivity contribution in [2.24, 2.45) is 5.92 Å². The minimum absolute atomic E-state index is 0.0477. The standard InChI is InChI=1S/C21H27N3O2S/c1-13-6-2-5-9-17(13)22-19(25)14-10-11-16-18(12-14)23-21(27)24(20(16)26)15-7-3-4-8-15/h10-13,15,17H,2-9H2,1H3,(H,22,25)(H,23,27)/t13-,17+/m0/s1. The largest absolute Gasteiger partial charge is 0.349 e. The van der Waals surface area contributed by atoms with Gasteiger partial charge in [-0.15, -0.1) is 0 Å². The summed E-state index contributed by atoms with van der Waals surface area (Å²) < 4.78 is 2.19. The van der Waals surface area contributed by atoms with Gasteiger partial charge in [-0.3, -0.25) is 14.2 Å². The topological polar surface area (TPSA) is 66.9 Å². The van der Waals surface area contributed by atoms with Gasteiger partial charge in [0.1, 0.15) is 0 Å². The SMILES string of the molecule is C[C@H]1CCCC[C@H]1NC(=O)c1ccc2c(=O)n(C3CCCC3)c(=S)[nH]c2c1. The highest BCUT2D eigenvalue weighted by atomic mass is 32.1. The molecule has 2 aliphatic carbocycles. The number of nitrogens with one attached hydrogen (secondary N) is 2. The van der Waals surface area contributed by atoms with Gasteiger partial charge in [-0.1, -0.05) is 32.6 Å². The maximum Gasteiger partial charge on any atom is 0.262 e. The Bertz CT molecular complexity index is 972. The van der Waals surface area contributed by atoms with Crippen LogP contribution in [0.3, 0.4) is 0 Å². The lowest BCUT2D eigenvalue weighted by Crippen LogP contribution is -2.41. The molecule has 1 aromatic carbocycles. The van der Waals surface area contributed by atoms with Crippen LogP contribution in [0.4, 0.5) is 0 Å². The van der Waals surface area contributed by atoms with Gasteiger partial charge in [0.25, 0.3) is 11.5 Å². The van der Waals surface area contributed by atoms with E-state index in [1.165, 1.54) is 12.8 Å². The fourth-order valence-corrected chi connectivity index (χ4v) is 4.99. The first-order valence-electron chi connectivity index (χ1n) is 10.1. The number of aromatic amines is 1. The Morgan fingerprint density at radius 3 is 2.59 bits per heavy atom. The van der Waals surface area contributed by atoms with Gasteiger partial charge >= 0.3 is 0 Å². The average molecular weight is 386 g/mol. The minimum Gasteiger partial charge on any atom is -0.349 e. The molecule has 6 heteroatoms. The van der Waals surface area contributed by atoms with E-state index in [4.69, 9.17) is 12.2 Å². The van der Waals surface area contributed by atoms with Crippen molar-refractivity contribution in [3.63, 3.8) is 0 Å². The summed E-state index contributed by atoms with van der Waals surface area (Å²) in [6.07, 6.45) is 8.90. The van der Waals surface area contributed by atoms with E-state index in [0.29, 0.717) is 27.2 Å². The van der Waals surface area contributed by atoms with E-state index in [-0.39, 0.29) is 23.6 Å². The van der Waals surface area contributed by atoms with Crippen LogP contribution < -0.4 is 10.9 Å². The summed E-state index contributed by atoms with van der Waals surface area (Å²) in [5.74, 6) is 0.433. The lowest BCUT2D eigenvalue weighted by atomic mass is 9.86. The maximum atomic E-state index is 13.0. The smallest absolute Gasteiger partial charge is 0.262 e. The van der Waals surface area contributed by atoms with E-state index < -0.39 is 0 Å². The minimum atomic E-state index is -0.0741. The van der Waals surface area contributed by atoms with Crippen molar-refractivity contribution < 1.29 is 4.79 Å². The Morgan fingerprint density at radius 1 is 1.15 bits per heavy atom. The van der Waals surface area contributed by atoms with Gasteiger partial charge in [-0.2, -0.15) is 0 Å². The molecule has 0 aliphatic heterocycles. The predicted molar refractivity (Wildman–Crippen MR) is 110 cm³/mol. The molecule has 2 aromatic rings. The van der Waals surface area contributed by atoms with Crippen molar-refractivity contribution in [1.82, 2.24) is 14.9 Å². The molecule has 4 rings (SSSR count). The van der Waals surface area contributed by atoms with E-state index in [1.54, 1.807) is 22.8 Å². The molecule has 0 saturated heterocycles. The summed E-state index contributed by atoms with van der Waals surface area (Å²) in [5.41, 5.74) is 1.17. The fraction of sp³-hybridized carbons (Fsp3) is 0.571. The number of aromatic nitrogens is 2. The van der Waals surface area contributed by atoms with Crippen LogP contribution in [0.1, 0.15) is 74.7 Å². The zero-order valence-corrected chi connectivity index (χ0v) is 16.6. The highest BCUT2D eigenvalue weighted by molar-refractivity contribution is 7.71. The van der Waals surface area contributed by atoms with Crippen LogP contribution in [0.15, 0.2) is 23.0 Å². The number of nitrogens with zero attached hydrogens (tertiary/aromatic N) is 1. The normalized spacial score (nSPS) is 23.6. The third-order valence-electron chi connectivity index (χ3n) is 6.31. The van der Waals surface area contributed by atoms with Gasteiger partial charge < -0.3 is 10.3 Å². The monoisotopic (exact) mass is 385 g/mol. The van der Waals surface area contributed by atoms with Crippen LogP contribution in [0.25, 0.3) is 10.9 Å². The van der Waals surface area contributed by atoms with Gasteiger partial charge in [0.2, 0.25) is 0 Å². The Balaban J connectivity index is 1.64. The highest BCUT2D eigenvalue weighted by Gasteiger charge is 2.24. The second kappa shape index (κ2) is 7.58. The molecule has 0 radical (unpaired) electrons. The zero-order valence-electron chi connectivity index (χ0n) is 15.8. The number of carbonyl (C=O) groups is 1. The number of benzene rings is 1. The molecule has 2 N–H and O–H groups in total. The first-order valence-corrected chi connectivity index (χ1v) is 10.5. The summed E-state index contributed by atoms with van der Waals surface area (Å²) in [5, 5.41) is 3.77. The summed E-state index contributed by atoms with van der Waals surface area (Å²) in [6.45, 7) is 2.20. The summed E-state index contributed by atoms with van der Waals surface area (Å²) in [7, 11) is 0. The van der Waals surface area contributed by atoms with Crippen LogP contribution in [0.5, 0.6) is 0 Å². The summed E-state index contributed by atoms with van der Waals surface area (Å²) in [4.78, 5) is 28.8. The number of fused-ring (bicyclic) bond motifs is 1. The molecule has 1 aromatic heterocycles. The number of amides is 1. The van der Waals surface area contributed by atoms with Crippen molar-refractivity contribution in [1.29, 1.82) is 0 Å². The van der Waals surface area contributed by atoms with E-state index in [0.717, 1.165) is 38.5 Å². The lowest BCUT2D eigenvalue weighted by molar-refractivity contribution is 0.0910. The van der Waals surface area contributed by atoms with Crippen LogP contribution in [-0.4, -0.2) is 21.5 Å². The molecule has 2 aliphatic rings. The number of H-pyrrole nitrogens is 1. The van der Waals surface area contributed by atoms with E-state index in [9.17, 15) is 9.59 Å². The van der Waals surface area contributed by atoms with Gasteiger partial charge in [-0.25, -0.2) is 0 Å². The van der Waals surface area contributed by atoms with Crippen molar-refractivity contribution in [2.45, 2.75) is 70.4 Å². The molecule has 1 heterocycles. The molecule has 27 heavy (non-hydrogen) atoms. The molecule has 5 nitrogen and oxygen atoms in total. The third kappa shape index (κ3) is 3.59. The van der Waals surface area contributed by atoms with Crippen molar-refractivity contribution in [3.05, 3.63) is 38.9 Å². The molecule has 1 amide bonds. The van der Waals surface area contributed by atoms with Crippen LogP contribution in [-0.2, 0) is 0 Å². The Morgan fingerprint density at radius 2 is 1.85 bits per heavy atom. The molecule has 0 unspecified atom stereocenters. The molecule has 0 bridgehead atoms. The second-order valence-electron chi connectivity index (χ2n) is 8.15. The van der Waals surface area contributed by atoms with E-state index in [1.807, 2.05) is 0 Å². The van der Waals surface area contributed by atoms with Gasteiger partial charge in [0.05, 0.1) is 10.9 Å². The van der Waals surface area contributed by atoms with E-state index in [2.05, 4.69) is 17.2 Å². The molecule has 2 atom stereocenters. The van der Waals surface area contributed by atoms with Gasteiger partial charge in [0, 0.05) is 17.6 Å². The lowest BCUT2D eigenvalue weighted by Gasteiger charge is -2.29. The van der Waals surface area contributed by atoms with Crippen molar-refractivity contribution >= 4 is 29.0 Å². The van der Waals surface area contributed by atoms with Crippen molar-refractivity contribution in [2.75, 3.05) is 0 Å². The molecule has 0 spiro atoms. The second-order valence-corrected chi connectivity index (χ2v) is 8.53. The average Bonchev–Trinajstić information content (AvgIpc) is 3.17. The van der Waals surface area contributed by atoms with Crippen LogP contribution in [0.2, 0.25) is 0 Å². The van der Waals surface area contributed by atoms with Gasteiger partial charge in [0.15, 0.2) is 4.77 Å². The molecule has 2 fully saturated rings. The zero-order chi connectivity index (χ0) is 19.0. The van der Waals surface area contributed by atoms with Crippen molar-refractivity contribution in [3.8, 4) is 0 Å². The summed E-state index contributed by atoms with van der Waals surface area (Å²) in [6, 6.07) is 5.70. The number of hydrogen-bond donors (Lipinski definition) is 2. The first kappa shape index (κ1) is 18.4. The van der Waals surface area contributed by atoms with Crippen LogP contribution >= 0.6 is 12.2 Å². The molecule has 2 saturated carbocycles. The van der Waals surface area contributed by atoms with Gasteiger partial charge in [-0.05, 0) is 62.0 Å². The van der Waals surface area contributed by atoms with Crippen LogP contribution in [0, 0.1) is 10.7 Å². The Labute approximate surface area is 164 Å². The molecule has 144 valence electrons. The maximum absolute atomic E-state index is 13.0. The number of hydrogen-bond acceptors (Lipinski definition) is 3. The quantitative estimate of drug-likeness (QED) is 0.766. The number of rotatable bonds is 3. The third-order valence-corrected chi connectivity index (χ3v) is 6.61. The Hall–Kier alpha value is -1.95. The number of carbonyl (C=O) groups excluding carboxylic acids is 1. The Kier molecular flexibility index (Phi) is 5.17. The van der Waals surface area contributed by atoms with E-state index >= 15 is 0 Å². The predicted octanol–water partition coefficient (Wildman–Crippen LogP) is 4.48.